The van der Waals surface area contributed by atoms with E-state index in [4.69, 9.17) is 0 Å². The van der Waals surface area contributed by atoms with Gasteiger partial charge in [0.2, 0.25) is 5.76 Å². The molecule has 1 amide bonds. The van der Waals surface area contributed by atoms with Crippen molar-refractivity contribution < 1.29 is 22.5 Å². The normalized spacial score (nSPS) is 15.9. The number of alkyl halides is 3. The van der Waals surface area contributed by atoms with Gasteiger partial charge in [-0.25, -0.2) is 0 Å². The maximum Gasteiger partial charge on any atom is 0.452 e. The number of hydrogen-bond acceptors (Lipinski definition) is 5. The third-order valence-corrected chi connectivity index (χ3v) is 4.68. The number of halogens is 3. The van der Waals surface area contributed by atoms with Gasteiger partial charge in [-0.05, 0) is 32.0 Å². The Morgan fingerprint density at radius 1 is 1.43 bits per heavy atom. The monoisotopic (exact) mass is 345 g/mol. The van der Waals surface area contributed by atoms with Crippen LogP contribution < -0.4 is 5.32 Å². The Bertz CT molecular complexity index is 717. The second-order valence-corrected chi connectivity index (χ2v) is 6.31. The summed E-state index contributed by atoms with van der Waals surface area (Å²) in [6.07, 6.45) is -3.70. The van der Waals surface area contributed by atoms with Crippen molar-refractivity contribution in [3.05, 3.63) is 28.3 Å². The van der Waals surface area contributed by atoms with Crippen molar-refractivity contribution in [2.75, 3.05) is 19.8 Å². The Hall–Kier alpha value is -1.87. The van der Waals surface area contributed by atoms with E-state index < -0.39 is 11.9 Å². The van der Waals surface area contributed by atoms with Crippen LogP contribution in [0.5, 0.6) is 0 Å². The van der Waals surface area contributed by atoms with Crippen LogP contribution >= 0.6 is 11.3 Å². The molecule has 1 aliphatic rings. The molecule has 0 aromatic carbocycles. The Kier molecular flexibility index (Phi) is 4.15. The van der Waals surface area contributed by atoms with Crippen LogP contribution in [0.1, 0.15) is 27.4 Å². The topological polar surface area (TPSA) is 58.4 Å². The van der Waals surface area contributed by atoms with Gasteiger partial charge in [-0.3, -0.25) is 10.1 Å². The molecule has 0 unspecified atom stereocenters. The molecule has 1 aliphatic heterocycles. The molecule has 9 heteroatoms. The summed E-state index contributed by atoms with van der Waals surface area (Å²) in [6, 6.07) is 3.21. The third kappa shape index (κ3) is 3.11. The highest BCUT2D eigenvalue weighted by Crippen LogP contribution is 2.38. The average Bonchev–Trinajstić information content (AvgIpc) is 3.13. The molecule has 5 nitrogen and oxygen atoms in total. The summed E-state index contributed by atoms with van der Waals surface area (Å²) in [6.45, 7) is 3.33. The number of rotatable bonds is 2. The molecule has 0 radical (unpaired) electrons. The van der Waals surface area contributed by atoms with Gasteiger partial charge in [-0.2, -0.15) is 13.2 Å². The van der Waals surface area contributed by atoms with Gasteiger partial charge in [0, 0.05) is 12.1 Å². The van der Waals surface area contributed by atoms with Crippen molar-refractivity contribution in [3.8, 4) is 10.6 Å². The van der Waals surface area contributed by atoms with Gasteiger partial charge in [0.25, 0.3) is 5.91 Å². The molecule has 0 atom stereocenters. The fourth-order valence-corrected chi connectivity index (χ4v) is 3.44. The first-order valence-electron chi connectivity index (χ1n) is 7.01. The molecule has 1 N–H and O–H groups in total. The maximum absolute atomic E-state index is 12.8. The minimum atomic E-state index is -4.58. The predicted octanol–water partition coefficient (Wildman–Crippen LogP) is 3.12. The minimum Gasteiger partial charge on any atom is -0.351 e. The Morgan fingerprint density at radius 3 is 2.83 bits per heavy atom. The molecular weight excluding hydrogens is 331 g/mol. The van der Waals surface area contributed by atoms with Gasteiger partial charge in [0.15, 0.2) is 0 Å². The Morgan fingerprint density at radius 2 is 2.22 bits per heavy atom. The van der Waals surface area contributed by atoms with Gasteiger partial charge < -0.3 is 9.42 Å². The lowest BCUT2D eigenvalue weighted by Crippen LogP contribution is -2.44. The molecule has 3 rings (SSSR count). The molecule has 0 bridgehead atoms. The molecule has 0 spiro atoms. The maximum atomic E-state index is 12.8. The predicted molar refractivity (Wildman–Crippen MR) is 78.1 cm³/mol. The number of nitrogens with one attached hydrogen (secondary N) is 1. The summed E-state index contributed by atoms with van der Waals surface area (Å²) in [5.41, 5.74) is 0.0520. The summed E-state index contributed by atoms with van der Waals surface area (Å²) < 4.78 is 42.7. The highest BCUT2D eigenvalue weighted by atomic mass is 32.1. The number of nitrogens with zero attached hydrogens (tertiary/aromatic N) is 2. The van der Waals surface area contributed by atoms with E-state index in [2.05, 4.69) is 15.0 Å². The van der Waals surface area contributed by atoms with Crippen LogP contribution in [0.25, 0.3) is 10.6 Å². The molecule has 1 fully saturated rings. The molecule has 1 saturated heterocycles. The molecule has 3 heterocycles. The van der Waals surface area contributed by atoms with E-state index in [0.29, 0.717) is 23.0 Å². The first-order chi connectivity index (χ1) is 10.9. The van der Waals surface area contributed by atoms with Crippen molar-refractivity contribution in [1.82, 2.24) is 15.4 Å². The average molecular weight is 345 g/mol. The molecule has 2 aromatic heterocycles. The number of carbonyl (C=O) groups excluding carboxylic acids is 1. The molecule has 23 heavy (non-hydrogen) atoms. The second-order valence-electron chi connectivity index (χ2n) is 5.23. The van der Waals surface area contributed by atoms with Gasteiger partial charge in [0.1, 0.15) is 5.69 Å². The lowest BCUT2D eigenvalue weighted by atomic mass is 10.2. The zero-order valence-corrected chi connectivity index (χ0v) is 13.1. The molecule has 0 aliphatic carbocycles. The number of thiophene rings is 1. The summed E-state index contributed by atoms with van der Waals surface area (Å²) >= 11 is 1.12. The number of amides is 1. The Balaban J connectivity index is 1.85. The third-order valence-electron chi connectivity index (χ3n) is 3.60. The van der Waals surface area contributed by atoms with E-state index in [1.165, 1.54) is 6.92 Å². The van der Waals surface area contributed by atoms with Crippen LogP contribution in [0.4, 0.5) is 13.2 Å². The van der Waals surface area contributed by atoms with Crippen LogP contribution in [0, 0.1) is 6.92 Å². The minimum absolute atomic E-state index is 0.0713. The number of carbonyl (C=O) groups is 1. The smallest absolute Gasteiger partial charge is 0.351 e. The fourth-order valence-electron chi connectivity index (χ4n) is 2.43. The van der Waals surface area contributed by atoms with Crippen molar-refractivity contribution >= 4 is 17.2 Å². The molecule has 2 aromatic rings. The van der Waals surface area contributed by atoms with Crippen LogP contribution in [0.2, 0.25) is 0 Å². The lowest BCUT2D eigenvalue weighted by Gasteiger charge is -2.26. The lowest BCUT2D eigenvalue weighted by molar-refractivity contribution is -0.156. The van der Waals surface area contributed by atoms with Gasteiger partial charge in [-0.15, -0.1) is 11.3 Å². The van der Waals surface area contributed by atoms with Crippen LogP contribution in [0.3, 0.4) is 0 Å². The first kappa shape index (κ1) is 16.0. The second kappa shape index (κ2) is 5.97. The van der Waals surface area contributed by atoms with Crippen LogP contribution in [-0.4, -0.2) is 35.7 Å². The standard InChI is InChI=1S/C14H14F3N3O2S/c1-8-11(19-22-12(8)14(15,16)17)9-3-4-10(23-9)13(21)20-6-2-5-18-7-20/h3-4,18H,2,5-7H2,1H3. The number of aromatic nitrogens is 1. The molecule has 0 saturated carbocycles. The summed E-state index contributed by atoms with van der Waals surface area (Å²) in [5, 5.41) is 6.63. The SMILES string of the molecule is Cc1c(-c2ccc(C(=O)N3CCCNC3)s2)noc1C(F)(F)F. The first-order valence-corrected chi connectivity index (χ1v) is 7.83. The largest absolute Gasteiger partial charge is 0.452 e. The van der Waals surface area contributed by atoms with Crippen molar-refractivity contribution in [2.24, 2.45) is 0 Å². The van der Waals surface area contributed by atoms with E-state index in [1.807, 2.05) is 0 Å². The van der Waals surface area contributed by atoms with Crippen molar-refractivity contribution in [2.45, 2.75) is 19.5 Å². The summed E-state index contributed by atoms with van der Waals surface area (Å²) in [7, 11) is 0. The fraction of sp³-hybridized carbons (Fsp3) is 0.429. The quantitative estimate of drug-likeness (QED) is 0.909. The zero-order chi connectivity index (χ0) is 16.6. The van der Waals surface area contributed by atoms with E-state index in [0.717, 1.165) is 24.3 Å². The van der Waals surface area contributed by atoms with Crippen LogP contribution in [0.15, 0.2) is 16.7 Å². The molecular formula is C14H14F3N3O2S. The Labute approximate surface area is 134 Å². The van der Waals surface area contributed by atoms with Crippen LogP contribution in [-0.2, 0) is 6.18 Å². The van der Waals surface area contributed by atoms with E-state index in [-0.39, 0.29) is 17.2 Å². The molecule has 124 valence electrons. The zero-order valence-electron chi connectivity index (χ0n) is 12.2. The highest BCUT2D eigenvalue weighted by molar-refractivity contribution is 7.17. The highest BCUT2D eigenvalue weighted by Gasteiger charge is 2.39. The van der Waals surface area contributed by atoms with E-state index in [9.17, 15) is 18.0 Å². The van der Waals surface area contributed by atoms with Crippen molar-refractivity contribution in [1.29, 1.82) is 0 Å². The van der Waals surface area contributed by atoms with E-state index in [1.54, 1.807) is 17.0 Å². The van der Waals surface area contributed by atoms with Gasteiger partial charge in [-0.1, -0.05) is 5.16 Å². The van der Waals surface area contributed by atoms with E-state index >= 15 is 0 Å². The van der Waals surface area contributed by atoms with Gasteiger partial charge >= 0.3 is 6.18 Å². The van der Waals surface area contributed by atoms with Gasteiger partial charge in [0.05, 0.1) is 16.4 Å². The summed E-state index contributed by atoms with van der Waals surface area (Å²) in [4.78, 5) is 15.0. The van der Waals surface area contributed by atoms with Crippen molar-refractivity contribution in [3.63, 3.8) is 0 Å². The summed E-state index contributed by atoms with van der Waals surface area (Å²) in [5.74, 6) is -1.24. The number of hydrogen-bond donors (Lipinski definition) is 1.